The highest BCUT2D eigenvalue weighted by Crippen LogP contribution is 2.21. The largest absolute Gasteiger partial charge is 0.357 e. The summed E-state index contributed by atoms with van der Waals surface area (Å²) in [6.07, 6.45) is 0. The molecule has 0 aromatic heterocycles. The van der Waals surface area contributed by atoms with E-state index in [4.69, 9.17) is 11.6 Å². The number of likely N-dealkylation sites (N-methyl/N-ethyl adjacent to an activating group) is 1. The predicted octanol–water partition coefficient (Wildman–Crippen LogP) is 2.12. The highest BCUT2D eigenvalue weighted by atomic mass is 35.5. The van der Waals surface area contributed by atoms with Gasteiger partial charge in [-0.2, -0.15) is 12.7 Å². The van der Waals surface area contributed by atoms with Gasteiger partial charge in [0.25, 0.3) is 0 Å². The van der Waals surface area contributed by atoms with Gasteiger partial charge in [-0.1, -0.05) is 41.9 Å². The van der Waals surface area contributed by atoms with Gasteiger partial charge in [-0.25, -0.2) is 4.31 Å². The van der Waals surface area contributed by atoms with E-state index < -0.39 is 28.7 Å². The van der Waals surface area contributed by atoms with Crippen LogP contribution < -0.4 is 9.62 Å². The Labute approximate surface area is 188 Å². The summed E-state index contributed by atoms with van der Waals surface area (Å²) in [7, 11) is 0.317. The molecule has 2 rings (SSSR count). The molecule has 10 heteroatoms. The van der Waals surface area contributed by atoms with Gasteiger partial charge in [0.1, 0.15) is 12.6 Å². The van der Waals surface area contributed by atoms with E-state index in [1.54, 1.807) is 61.5 Å². The minimum Gasteiger partial charge on any atom is -0.357 e. The van der Waals surface area contributed by atoms with Crippen LogP contribution >= 0.6 is 11.6 Å². The van der Waals surface area contributed by atoms with Crippen LogP contribution in [0.3, 0.4) is 0 Å². The number of para-hydroxylation sites is 1. The van der Waals surface area contributed by atoms with E-state index in [0.29, 0.717) is 10.7 Å². The maximum atomic E-state index is 13.3. The fourth-order valence-corrected chi connectivity index (χ4v) is 4.20. The summed E-state index contributed by atoms with van der Waals surface area (Å²) < 4.78 is 27.9. The van der Waals surface area contributed by atoms with Gasteiger partial charge in [-0.15, -0.1) is 0 Å². The fourth-order valence-electron chi connectivity index (χ4n) is 2.93. The van der Waals surface area contributed by atoms with Crippen LogP contribution in [0.2, 0.25) is 5.02 Å². The Morgan fingerprint density at radius 1 is 1.06 bits per heavy atom. The van der Waals surface area contributed by atoms with Crippen molar-refractivity contribution in [1.82, 2.24) is 14.5 Å². The molecule has 0 bridgehead atoms. The van der Waals surface area contributed by atoms with E-state index in [2.05, 4.69) is 5.32 Å². The van der Waals surface area contributed by atoms with Crippen LogP contribution in [0.4, 0.5) is 5.69 Å². The molecule has 2 aromatic rings. The number of benzene rings is 2. The lowest BCUT2D eigenvalue weighted by Gasteiger charge is -2.32. The topological polar surface area (TPSA) is 90.0 Å². The van der Waals surface area contributed by atoms with Gasteiger partial charge in [0, 0.05) is 32.7 Å². The molecule has 0 fully saturated rings. The third-order valence-corrected chi connectivity index (χ3v) is 6.77. The lowest BCUT2D eigenvalue weighted by Crippen LogP contribution is -2.52. The molecule has 0 spiro atoms. The molecule has 8 nitrogen and oxygen atoms in total. The second-order valence-corrected chi connectivity index (χ2v) is 9.58. The minimum absolute atomic E-state index is 0.0959. The highest BCUT2D eigenvalue weighted by Gasteiger charge is 2.32. The van der Waals surface area contributed by atoms with Gasteiger partial charge in [0.05, 0.1) is 5.69 Å². The van der Waals surface area contributed by atoms with E-state index in [0.717, 1.165) is 14.2 Å². The minimum atomic E-state index is -3.95. The van der Waals surface area contributed by atoms with Gasteiger partial charge >= 0.3 is 10.2 Å². The van der Waals surface area contributed by atoms with E-state index in [1.165, 1.54) is 26.0 Å². The molecule has 0 aliphatic carbocycles. The molecule has 0 aliphatic rings. The van der Waals surface area contributed by atoms with E-state index in [-0.39, 0.29) is 12.5 Å². The van der Waals surface area contributed by atoms with Crippen molar-refractivity contribution in [2.24, 2.45) is 0 Å². The van der Waals surface area contributed by atoms with Crippen LogP contribution in [-0.2, 0) is 26.3 Å². The second-order valence-electron chi connectivity index (χ2n) is 7.07. The Morgan fingerprint density at radius 2 is 1.71 bits per heavy atom. The number of hydrogen-bond acceptors (Lipinski definition) is 4. The molecule has 0 heterocycles. The molecule has 168 valence electrons. The maximum Gasteiger partial charge on any atom is 0.304 e. The Morgan fingerprint density at radius 3 is 2.26 bits per heavy atom. The number of rotatable bonds is 9. The molecule has 2 amide bonds. The fraction of sp³-hybridized carbons (Fsp3) is 0.333. The number of nitrogens with one attached hydrogen (secondary N) is 1. The first kappa shape index (κ1) is 24.6. The molecule has 2 aromatic carbocycles. The molecule has 0 aliphatic heterocycles. The smallest absolute Gasteiger partial charge is 0.304 e. The first-order valence-corrected chi connectivity index (χ1v) is 11.4. The summed E-state index contributed by atoms with van der Waals surface area (Å²) in [5, 5.41) is 3.03. The summed E-state index contributed by atoms with van der Waals surface area (Å²) in [5.74, 6) is -0.887. The summed E-state index contributed by atoms with van der Waals surface area (Å²) in [6, 6.07) is 14.5. The number of carbonyl (C=O) groups excluding carboxylic acids is 2. The number of hydrogen-bond donors (Lipinski definition) is 1. The number of halogens is 1. The van der Waals surface area contributed by atoms with Crippen molar-refractivity contribution in [2.45, 2.75) is 19.5 Å². The number of anilines is 1. The molecule has 0 saturated heterocycles. The Bertz CT molecular complexity index is 1020. The van der Waals surface area contributed by atoms with Crippen LogP contribution in [0.1, 0.15) is 12.5 Å². The van der Waals surface area contributed by atoms with Crippen molar-refractivity contribution in [3.8, 4) is 0 Å². The number of amides is 2. The zero-order valence-electron chi connectivity index (χ0n) is 17.9. The van der Waals surface area contributed by atoms with Gasteiger partial charge < -0.3 is 10.2 Å². The molecule has 0 radical (unpaired) electrons. The van der Waals surface area contributed by atoms with Gasteiger partial charge in [-0.3, -0.25) is 9.59 Å². The van der Waals surface area contributed by atoms with E-state index >= 15 is 0 Å². The van der Waals surface area contributed by atoms with Crippen LogP contribution in [0.5, 0.6) is 0 Å². The molecule has 1 N–H and O–H groups in total. The SMILES string of the molecule is CNC(=O)[C@@H](C)N(Cc1cccc(Cl)c1)C(=O)CN(c1ccccc1)S(=O)(=O)N(C)C. The summed E-state index contributed by atoms with van der Waals surface area (Å²) in [5.41, 5.74) is 1.07. The van der Waals surface area contributed by atoms with E-state index in [9.17, 15) is 18.0 Å². The Kier molecular flexibility index (Phi) is 8.43. The van der Waals surface area contributed by atoms with Crippen molar-refractivity contribution in [1.29, 1.82) is 0 Å². The zero-order chi connectivity index (χ0) is 23.2. The van der Waals surface area contributed by atoms with Crippen molar-refractivity contribution >= 4 is 39.3 Å². The predicted molar refractivity (Wildman–Crippen MR) is 122 cm³/mol. The zero-order valence-corrected chi connectivity index (χ0v) is 19.5. The summed E-state index contributed by atoms with van der Waals surface area (Å²) in [6.45, 7) is 1.22. The standard InChI is InChI=1S/C21H27ClN4O4S/c1-16(21(28)23-2)25(14-17-9-8-10-18(22)13-17)20(27)15-26(31(29,30)24(3)4)19-11-6-5-7-12-19/h5-13,16H,14-15H2,1-4H3,(H,23,28)/t16-/m1/s1. The van der Waals surface area contributed by atoms with Crippen molar-refractivity contribution in [3.05, 3.63) is 65.2 Å². The molecule has 1 atom stereocenters. The monoisotopic (exact) mass is 466 g/mol. The van der Waals surface area contributed by atoms with Gasteiger partial charge in [-0.05, 0) is 36.8 Å². The number of nitrogens with zero attached hydrogens (tertiary/aromatic N) is 3. The quantitative estimate of drug-likeness (QED) is 0.613. The first-order chi connectivity index (χ1) is 14.6. The first-order valence-electron chi connectivity index (χ1n) is 9.58. The average molecular weight is 467 g/mol. The highest BCUT2D eigenvalue weighted by molar-refractivity contribution is 7.90. The molecular weight excluding hydrogens is 440 g/mol. The molecular formula is C21H27ClN4O4S. The lowest BCUT2D eigenvalue weighted by atomic mass is 10.1. The van der Waals surface area contributed by atoms with Gasteiger partial charge in [0.15, 0.2) is 0 Å². The van der Waals surface area contributed by atoms with Crippen molar-refractivity contribution in [3.63, 3.8) is 0 Å². The van der Waals surface area contributed by atoms with Crippen LogP contribution in [0, 0.1) is 0 Å². The Balaban J connectivity index is 2.42. The van der Waals surface area contributed by atoms with Crippen LogP contribution in [0.15, 0.2) is 54.6 Å². The third kappa shape index (κ3) is 6.19. The lowest BCUT2D eigenvalue weighted by molar-refractivity contribution is -0.139. The molecule has 31 heavy (non-hydrogen) atoms. The van der Waals surface area contributed by atoms with Crippen molar-refractivity contribution < 1.29 is 18.0 Å². The summed E-state index contributed by atoms with van der Waals surface area (Å²) >= 11 is 6.06. The van der Waals surface area contributed by atoms with Crippen molar-refractivity contribution in [2.75, 3.05) is 32.0 Å². The van der Waals surface area contributed by atoms with E-state index in [1.807, 2.05) is 0 Å². The number of carbonyl (C=O) groups is 2. The average Bonchev–Trinajstić information content (AvgIpc) is 2.75. The normalized spacial score (nSPS) is 12.3. The second kappa shape index (κ2) is 10.6. The third-order valence-electron chi connectivity index (χ3n) is 4.72. The maximum absolute atomic E-state index is 13.3. The molecule has 0 unspecified atom stereocenters. The van der Waals surface area contributed by atoms with Crippen LogP contribution in [-0.4, -0.2) is 63.2 Å². The molecule has 0 saturated carbocycles. The summed E-state index contributed by atoms with van der Waals surface area (Å²) in [4.78, 5) is 27.0. The van der Waals surface area contributed by atoms with Gasteiger partial charge in [0.2, 0.25) is 11.8 Å². The van der Waals surface area contributed by atoms with Crippen LogP contribution in [0.25, 0.3) is 0 Å². The Hall–Kier alpha value is -2.62.